The summed E-state index contributed by atoms with van der Waals surface area (Å²) in [6.45, 7) is 8.09. The summed E-state index contributed by atoms with van der Waals surface area (Å²) in [5, 5.41) is 13.1. The van der Waals surface area contributed by atoms with Crippen molar-refractivity contribution in [1.82, 2.24) is 10.2 Å². The standard InChI is InChI=1S/C13H26N2O2/c1-11-7-15(5-3-12(11)16)9-13(8-14-2)4-6-17-10-13/h11-12,14,16H,3-10H2,1-2H3. The maximum atomic E-state index is 9.76. The Morgan fingerprint density at radius 3 is 2.94 bits per heavy atom. The number of nitrogens with zero attached hydrogens (tertiary/aromatic N) is 1. The maximum Gasteiger partial charge on any atom is 0.0590 e. The second-order valence-electron chi connectivity index (χ2n) is 5.90. The topological polar surface area (TPSA) is 44.7 Å². The van der Waals surface area contributed by atoms with Crippen LogP contribution in [-0.2, 0) is 4.74 Å². The van der Waals surface area contributed by atoms with Gasteiger partial charge in [-0.25, -0.2) is 0 Å². The van der Waals surface area contributed by atoms with E-state index in [0.717, 1.165) is 52.2 Å². The van der Waals surface area contributed by atoms with Crippen molar-refractivity contribution in [3.8, 4) is 0 Å². The lowest BCUT2D eigenvalue weighted by Crippen LogP contribution is -2.49. The quantitative estimate of drug-likeness (QED) is 0.745. The molecule has 0 radical (unpaired) electrons. The molecule has 0 aliphatic carbocycles. The summed E-state index contributed by atoms with van der Waals surface area (Å²) >= 11 is 0. The molecule has 2 rings (SSSR count). The molecule has 2 saturated heterocycles. The van der Waals surface area contributed by atoms with Crippen LogP contribution >= 0.6 is 0 Å². The molecule has 3 unspecified atom stereocenters. The van der Waals surface area contributed by atoms with Crippen LogP contribution in [0, 0.1) is 11.3 Å². The van der Waals surface area contributed by atoms with Crippen LogP contribution in [-0.4, -0.2) is 62.6 Å². The monoisotopic (exact) mass is 242 g/mol. The van der Waals surface area contributed by atoms with E-state index in [9.17, 15) is 5.11 Å². The average molecular weight is 242 g/mol. The summed E-state index contributed by atoms with van der Waals surface area (Å²) in [6, 6.07) is 0. The maximum absolute atomic E-state index is 9.76. The van der Waals surface area contributed by atoms with E-state index in [4.69, 9.17) is 4.74 Å². The molecule has 0 bridgehead atoms. The van der Waals surface area contributed by atoms with E-state index in [-0.39, 0.29) is 11.5 Å². The van der Waals surface area contributed by atoms with Crippen molar-refractivity contribution in [3.63, 3.8) is 0 Å². The number of ether oxygens (including phenoxy) is 1. The zero-order chi connectivity index (χ0) is 12.3. The first-order chi connectivity index (χ1) is 8.15. The smallest absolute Gasteiger partial charge is 0.0590 e. The van der Waals surface area contributed by atoms with Crippen molar-refractivity contribution in [2.24, 2.45) is 11.3 Å². The third-order valence-electron chi connectivity index (χ3n) is 4.24. The van der Waals surface area contributed by atoms with E-state index >= 15 is 0 Å². The fourth-order valence-electron chi connectivity index (χ4n) is 3.18. The number of likely N-dealkylation sites (tertiary alicyclic amines) is 1. The fraction of sp³-hybridized carbons (Fsp3) is 1.00. The lowest BCUT2D eigenvalue weighted by molar-refractivity contribution is 0.0140. The van der Waals surface area contributed by atoms with Crippen LogP contribution in [0.3, 0.4) is 0 Å². The summed E-state index contributed by atoms with van der Waals surface area (Å²) < 4.78 is 5.59. The summed E-state index contributed by atoms with van der Waals surface area (Å²) in [6.07, 6.45) is 1.96. The van der Waals surface area contributed by atoms with Crippen molar-refractivity contribution in [2.45, 2.75) is 25.9 Å². The summed E-state index contributed by atoms with van der Waals surface area (Å²) in [5.41, 5.74) is 0.288. The van der Waals surface area contributed by atoms with E-state index in [1.54, 1.807) is 0 Å². The van der Waals surface area contributed by atoms with Gasteiger partial charge < -0.3 is 20.1 Å². The van der Waals surface area contributed by atoms with Gasteiger partial charge in [0.15, 0.2) is 0 Å². The molecule has 100 valence electrons. The van der Waals surface area contributed by atoms with Gasteiger partial charge in [-0.15, -0.1) is 0 Å². The average Bonchev–Trinajstić information content (AvgIpc) is 2.73. The van der Waals surface area contributed by atoms with Gasteiger partial charge in [0.05, 0.1) is 12.7 Å². The summed E-state index contributed by atoms with van der Waals surface area (Å²) in [4.78, 5) is 2.50. The molecule has 2 aliphatic rings. The highest BCUT2D eigenvalue weighted by Crippen LogP contribution is 2.30. The first-order valence-electron chi connectivity index (χ1n) is 6.78. The Bertz CT molecular complexity index is 242. The molecule has 0 saturated carbocycles. The Kier molecular flexibility index (Phi) is 4.42. The van der Waals surface area contributed by atoms with Gasteiger partial charge in [0.1, 0.15) is 0 Å². The third-order valence-corrected chi connectivity index (χ3v) is 4.24. The van der Waals surface area contributed by atoms with Crippen molar-refractivity contribution in [1.29, 1.82) is 0 Å². The van der Waals surface area contributed by atoms with Crippen LogP contribution < -0.4 is 5.32 Å². The highest BCUT2D eigenvalue weighted by Gasteiger charge is 2.37. The highest BCUT2D eigenvalue weighted by atomic mass is 16.5. The van der Waals surface area contributed by atoms with Gasteiger partial charge in [0, 0.05) is 38.2 Å². The largest absolute Gasteiger partial charge is 0.393 e. The van der Waals surface area contributed by atoms with Crippen molar-refractivity contribution < 1.29 is 9.84 Å². The van der Waals surface area contributed by atoms with Crippen molar-refractivity contribution in [3.05, 3.63) is 0 Å². The highest BCUT2D eigenvalue weighted by molar-refractivity contribution is 4.90. The molecule has 4 nitrogen and oxygen atoms in total. The molecule has 0 aromatic carbocycles. The predicted molar refractivity (Wildman–Crippen MR) is 68.0 cm³/mol. The van der Waals surface area contributed by atoms with Crippen LogP contribution in [0.5, 0.6) is 0 Å². The van der Waals surface area contributed by atoms with Gasteiger partial charge in [0.25, 0.3) is 0 Å². The van der Waals surface area contributed by atoms with E-state index in [1.807, 2.05) is 7.05 Å². The van der Waals surface area contributed by atoms with Gasteiger partial charge in [-0.05, 0) is 25.8 Å². The minimum atomic E-state index is -0.105. The molecule has 2 aliphatic heterocycles. The number of piperidine rings is 1. The molecule has 0 spiro atoms. The first-order valence-corrected chi connectivity index (χ1v) is 6.78. The number of hydrogen-bond donors (Lipinski definition) is 2. The van der Waals surface area contributed by atoms with Gasteiger partial charge in [-0.3, -0.25) is 0 Å². The molecule has 2 fully saturated rings. The lowest BCUT2D eigenvalue weighted by atomic mass is 9.85. The molecular formula is C13H26N2O2. The Balaban J connectivity index is 1.90. The van der Waals surface area contributed by atoms with Gasteiger partial charge in [0.2, 0.25) is 0 Å². The van der Waals surface area contributed by atoms with E-state index < -0.39 is 0 Å². The Morgan fingerprint density at radius 2 is 2.35 bits per heavy atom. The molecule has 3 atom stereocenters. The Morgan fingerprint density at radius 1 is 1.53 bits per heavy atom. The molecule has 0 aromatic heterocycles. The molecule has 2 heterocycles. The summed E-state index contributed by atoms with van der Waals surface area (Å²) in [5.74, 6) is 0.401. The Labute approximate surface area is 104 Å². The third kappa shape index (κ3) is 3.19. The molecule has 0 amide bonds. The number of aliphatic hydroxyl groups is 1. The van der Waals surface area contributed by atoms with Crippen LogP contribution in [0.2, 0.25) is 0 Å². The predicted octanol–water partition coefficient (Wildman–Crippen LogP) is 0.315. The molecular weight excluding hydrogens is 216 g/mol. The van der Waals surface area contributed by atoms with E-state index in [2.05, 4.69) is 17.1 Å². The second kappa shape index (κ2) is 5.65. The number of hydrogen-bond acceptors (Lipinski definition) is 4. The van der Waals surface area contributed by atoms with E-state index in [0.29, 0.717) is 5.92 Å². The second-order valence-corrected chi connectivity index (χ2v) is 5.90. The molecule has 0 aromatic rings. The first kappa shape index (κ1) is 13.3. The van der Waals surface area contributed by atoms with Crippen molar-refractivity contribution in [2.75, 3.05) is 46.4 Å². The zero-order valence-electron chi connectivity index (χ0n) is 11.1. The van der Waals surface area contributed by atoms with Gasteiger partial charge >= 0.3 is 0 Å². The van der Waals surface area contributed by atoms with Crippen LogP contribution in [0.25, 0.3) is 0 Å². The SMILES string of the molecule is CNCC1(CN2CCC(O)C(C)C2)CCOC1. The van der Waals surface area contributed by atoms with Gasteiger partial charge in [-0.1, -0.05) is 6.92 Å². The van der Waals surface area contributed by atoms with Crippen LogP contribution in [0.4, 0.5) is 0 Å². The lowest BCUT2D eigenvalue weighted by Gasteiger charge is -2.39. The van der Waals surface area contributed by atoms with Crippen molar-refractivity contribution >= 4 is 0 Å². The number of nitrogens with one attached hydrogen (secondary N) is 1. The molecule has 4 heteroatoms. The van der Waals surface area contributed by atoms with E-state index in [1.165, 1.54) is 0 Å². The van der Waals surface area contributed by atoms with Crippen LogP contribution in [0.1, 0.15) is 19.8 Å². The minimum absolute atomic E-state index is 0.105. The normalized spacial score (nSPS) is 39.7. The summed E-state index contributed by atoms with van der Waals surface area (Å²) in [7, 11) is 2.02. The number of rotatable bonds is 4. The number of aliphatic hydroxyl groups excluding tert-OH is 1. The zero-order valence-corrected chi connectivity index (χ0v) is 11.1. The van der Waals surface area contributed by atoms with Gasteiger partial charge in [-0.2, -0.15) is 0 Å². The molecule has 2 N–H and O–H groups in total. The van der Waals surface area contributed by atoms with Crippen LogP contribution in [0.15, 0.2) is 0 Å². The minimum Gasteiger partial charge on any atom is -0.393 e. The fourth-order valence-corrected chi connectivity index (χ4v) is 3.18. The molecule has 17 heavy (non-hydrogen) atoms. The Hall–Kier alpha value is -0.160.